The third-order valence-corrected chi connectivity index (χ3v) is 4.05. The number of nitro benzene ring substituents is 1. The minimum Gasteiger partial charge on any atom is -0.279 e. The Morgan fingerprint density at radius 2 is 2.17 bits per heavy atom. The topological polar surface area (TPSA) is 72.6 Å². The molecule has 7 heteroatoms. The van der Waals surface area contributed by atoms with Crippen LogP contribution in [-0.4, -0.2) is 20.7 Å². The quantitative estimate of drug-likeness (QED) is 0.473. The van der Waals surface area contributed by atoms with Gasteiger partial charge in [0, 0.05) is 6.07 Å². The van der Waals surface area contributed by atoms with E-state index in [4.69, 9.17) is 0 Å². The van der Waals surface area contributed by atoms with Gasteiger partial charge in [-0.3, -0.25) is 14.9 Å². The normalized spacial score (nSPS) is 17.1. The van der Waals surface area contributed by atoms with Crippen LogP contribution in [0.25, 0.3) is 6.08 Å². The van der Waals surface area contributed by atoms with Crippen LogP contribution in [0.1, 0.15) is 5.56 Å². The zero-order chi connectivity index (χ0) is 13.1. The average Bonchev–Trinajstić information content (AvgIpc) is 2.71. The highest BCUT2D eigenvalue weighted by Gasteiger charge is 2.22. The van der Waals surface area contributed by atoms with Crippen LogP contribution >= 0.6 is 23.5 Å². The lowest BCUT2D eigenvalue weighted by Gasteiger charge is -1.96. The summed E-state index contributed by atoms with van der Waals surface area (Å²) < 4.78 is 0.657. The summed E-state index contributed by atoms with van der Waals surface area (Å²) in [6.45, 7) is 0. The molecule has 5 nitrogen and oxygen atoms in total. The molecule has 1 aromatic carbocycles. The van der Waals surface area contributed by atoms with E-state index >= 15 is 0 Å². The van der Waals surface area contributed by atoms with Gasteiger partial charge in [0.15, 0.2) is 0 Å². The first kappa shape index (κ1) is 12.8. The van der Waals surface area contributed by atoms with Gasteiger partial charge in [0.2, 0.25) is 5.12 Å². The van der Waals surface area contributed by atoms with Crippen molar-refractivity contribution in [2.75, 3.05) is 6.26 Å². The molecule has 0 aliphatic carbocycles. The molecule has 92 valence electrons. The van der Waals surface area contributed by atoms with Gasteiger partial charge in [0.1, 0.15) is 10.1 Å². The molecule has 0 bridgehead atoms. The fourth-order valence-corrected chi connectivity index (χ4v) is 2.66. The van der Waals surface area contributed by atoms with Crippen LogP contribution < -0.4 is 0 Å². The van der Waals surface area contributed by atoms with Gasteiger partial charge >= 0.3 is 0 Å². The van der Waals surface area contributed by atoms with Gasteiger partial charge in [0.25, 0.3) is 5.69 Å². The molecule has 0 radical (unpaired) electrons. The summed E-state index contributed by atoms with van der Waals surface area (Å²) in [6.07, 6.45) is 3.28. The summed E-state index contributed by atoms with van der Waals surface area (Å²) in [6, 6.07) is 6.26. The molecule has 0 N–H and O–H groups in total. The number of nitro groups is 1. The van der Waals surface area contributed by atoms with Crippen LogP contribution in [0, 0.1) is 10.1 Å². The van der Waals surface area contributed by atoms with Crippen molar-refractivity contribution in [3.8, 4) is 0 Å². The van der Waals surface area contributed by atoms with Crippen molar-refractivity contribution in [3.05, 3.63) is 45.6 Å². The first-order chi connectivity index (χ1) is 8.61. The van der Waals surface area contributed by atoms with Gasteiger partial charge in [-0.25, -0.2) is 4.99 Å². The van der Waals surface area contributed by atoms with E-state index in [0.29, 0.717) is 9.94 Å². The van der Waals surface area contributed by atoms with E-state index < -0.39 is 4.92 Å². The highest BCUT2D eigenvalue weighted by Crippen LogP contribution is 2.31. The fraction of sp³-hybridized carbons (Fsp3) is 0.0909. The molecule has 2 rings (SSSR count). The Bertz CT molecular complexity index is 581. The van der Waals surface area contributed by atoms with Crippen molar-refractivity contribution in [2.45, 2.75) is 0 Å². The number of rotatable bonds is 2. The van der Waals surface area contributed by atoms with Crippen molar-refractivity contribution in [1.29, 1.82) is 0 Å². The van der Waals surface area contributed by atoms with Crippen molar-refractivity contribution >= 4 is 44.8 Å². The van der Waals surface area contributed by atoms with E-state index in [1.165, 1.54) is 23.9 Å². The van der Waals surface area contributed by atoms with Gasteiger partial charge in [-0.15, -0.1) is 11.8 Å². The van der Waals surface area contributed by atoms with Crippen LogP contribution in [0.3, 0.4) is 0 Å². The van der Waals surface area contributed by atoms with Gasteiger partial charge in [-0.05, 0) is 30.2 Å². The third kappa shape index (κ3) is 2.62. The Morgan fingerprint density at radius 3 is 2.78 bits per heavy atom. The largest absolute Gasteiger partial charge is 0.279 e. The maximum absolute atomic E-state index is 11.6. The maximum Gasteiger partial charge on any atom is 0.276 e. The lowest BCUT2D eigenvalue weighted by molar-refractivity contribution is -0.385. The predicted octanol–water partition coefficient (Wildman–Crippen LogP) is 2.93. The summed E-state index contributed by atoms with van der Waals surface area (Å²) in [5.41, 5.74) is 0.604. The average molecular weight is 280 g/mol. The Labute approximate surface area is 112 Å². The molecule has 0 aromatic heterocycles. The van der Waals surface area contributed by atoms with Crippen molar-refractivity contribution < 1.29 is 9.72 Å². The highest BCUT2D eigenvalue weighted by atomic mass is 32.2. The molecular weight excluding hydrogens is 272 g/mol. The number of benzene rings is 1. The number of carbonyl (C=O) groups excluding carboxylic acids is 1. The zero-order valence-corrected chi connectivity index (χ0v) is 11.0. The SMILES string of the molecule is CSC1=N/C(=C\c2ccccc2[N+](=O)[O-])C(=O)S1. The molecule has 0 saturated heterocycles. The summed E-state index contributed by atoms with van der Waals surface area (Å²) in [5, 5.41) is 10.7. The second kappa shape index (κ2) is 5.36. The van der Waals surface area contributed by atoms with E-state index in [1.54, 1.807) is 18.2 Å². The van der Waals surface area contributed by atoms with Gasteiger partial charge in [-0.1, -0.05) is 12.1 Å². The number of hydrogen-bond donors (Lipinski definition) is 0. The Kier molecular flexibility index (Phi) is 3.83. The molecule has 0 amide bonds. The van der Waals surface area contributed by atoms with Crippen LogP contribution in [0.4, 0.5) is 5.69 Å². The van der Waals surface area contributed by atoms with E-state index in [9.17, 15) is 14.9 Å². The summed E-state index contributed by atoms with van der Waals surface area (Å²) in [7, 11) is 0. The fourth-order valence-electron chi connectivity index (χ4n) is 1.40. The molecule has 1 heterocycles. The number of para-hydroxylation sites is 1. The molecule has 1 aliphatic heterocycles. The minimum atomic E-state index is -0.474. The van der Waals surface area contributed by atoms with Crippen molar-refractivity contribution in [3.63, 3.8) is 0 Å². The molecule has 18 heavy (non-hydrogen) atoms. The second-order valence-corrected chi connectivity index (χ2v) is 5.33. The number of aliphatic imine (C=N–C) groups is 1. The van der Waals surface area contributed by atoms with Gasteiger partial charge < -0.3 is 0 Å². The molecule has 0 spiro atoms. The lowest BCUT2D eigenvalue weighted by Crippen LogP contribution is -1.93. The first-order valence-corrected chi connectivity index (χ1v) is 6.96. The van der Waals surface area contributed by atoms with E-state index in [1.807, 2.05) is 6.26 Å². The van der Waals surface area contributed by atoms with Crippen LogP contribution in [-0.2, 0) is 4.79 Å². The molecule has 0 fully saturated rings. The number of nitrogens with zero attached hydrogens (tertiary/aromatic N) is 2. The van der Waals surface area contributed by atoms with E-state index in [0.717, 1.165) is 11.8 Å². The van der Waals surface area contributed by atoms with Gasteiger partial charge in [0.05, 0.1) is 10.5 Å². The number of carbonyl (C=O) groups is 1. The van der Waals surface area contributed by atoms with Crippen LogP contribution in [0.2, 0.25) is 0 Å². The molecule has 1 aliphatic rings. The Hall–Kier alpha value is -1.60. The van der Waals surface area contributed by atoms with Crippen molar-refractivity contribution in [2.24, 2.45) is 4.99 Å². The summed E-state index contributed by atoms with van der Waals surface area (Å²) in [5.74, 6) is 0. The van der Waals surface area contributed by atoms with E-state index in [2.05, 4.69) is 4.99 Å². The van der Waals surface area contributed by atoms with Gasteiger partial charge in [-0.2, -0.15) is 0 Å². The zero-order valence-electron chi connectivity index (χ0n) is 9.32. The molecule has 1 aromatic rings. The molecule has 0 saturated carbocycles. The van der Waals surface area contributed by atoms with E-state index in [-0.39, 0.29) is 16.5 Å². The highest BCUT2D eigenvalue weighted by molar-refractivity contribution is 8.45. The molecular formula is C11H8N2O3S2. The van der Waals surface area contributed by atoms with Crippen LogP contribution in [0.15, 0.2) is 35.0 Å². The Morgan fingerprint density at radius 1 is 1.44 bits per heavy atom. The monoisotopic (exact) mass is 280 g/mol. The van der Waals surface area contributed by atoms with Crippen LogP contribution in [0.5, 0.6) is 0 Å². The smallest absolute Gasteiger partial charge is 0.276 e. The second-order valence-electron chi connectivity index (χ2n) is 3.32. The van der Waals surface area contributed by atoms with Crippen molar-refractivity contribution in [1.82, 2.24) is 0 Å². The Balaban J connectivity index is 2.43. The summed E-state index contributed by atoms with van der Waals surface area (Å²) >= 11 is 2.42. The number of thioether (sulfide) groups is 2. The first-order valence-electron chi connectivity index (χ1n) is 4.92. The molecule has 0 atom stereocenters. The third-order valence-electron chi connectivity index (χ3n) is 2.20. The standard InChI is InChI=1S/C11H8N2O3S2/c1-17-11-12-8(10(14)18-11)6-7-4-2-3-5-9(7)13(15)16/h2-6H,1H3/b8-6-. The molecule has 0 unspecified atom stereocenters. The predicted molar refractivity (Wildman–Crippen MR) is 74.6 cm³/mol. The lowest BCUT2D eigenvalue weighted by atomic mass is 10.1. The number of hydrogen-bond acceptors (Lipinski definition) is 6. The maximum atomic E-state index is 11.6. The minimum absolute atomic E-state index is 0.0319. The summed E-state index contributed by atoms with van der Waals surface area (Å²) in [4.78, 5) is 26.1.